The molecule has 0 radical (unpaired) electrons. The maximum atomic E-state index is 12.8. The van der Waals surface area contributed by atoms with E-state index in [-0.39, 0.29) is 43.5 Å². The zero-order valence-electron chi connectivity index (χ0n) is 18.0. The number of esters is 1. The number of hydrogen-bond acceptors (Lipinski definition) is 6. The lowest BCUT2D eigenvalue weighted by Crippen LogP contribution is -2.41. The number of carbonyl (C=O) groups is 2. The van der Waals surface area contributed by atoms with Crippen LogP contribution < -0.4 is 9.46 Å². The summed E-state index contributed by atoms with van der Waals surface area (Å²) in [4.78, 5) is 25.5. The van der Waals surface area contributed by atoms with E-state index in [0.29, 0.717) is 5.75 Å². The van der Waals surface area contributed by atoms with Crippen molar-refractivity contribution >= 4 is 21.9 Å². The lowest BCUT2D eigenvalue weighted by atomic mass is 10.1. The van der Waals surface area contributed by atoms with Gasteiger partial charge in [0.25, 0.3) is 0 Å². The Hall–Kier alpha value is -2.91. The van der Waals surface area contributed by atoms with Crippen LogP contribution in [-0.4, -0.2) is 58.5 Å². The summed E-state index contributed by atoms with van der Waals surface area (Å²) in [6.45, 7) is 3.54. The normalized spacial score (nSPS) is 11.1. The molecule has 0 aliphatic rings. The summed E-state index contributed by atoms with van der Waals surface area (Å²) in [7, 11) is -2.12. The molecule has 0 atom stereocenters. The van der Waals surface area contributed by atoms with Gasteiger partial charge >= 0.3 is 5.97 Å². The molecule has 0 fully saturated rings. The molecular formula is C22H28N2O6S. The van der Waals surface area contributed by atoms with Gasteiger partial charge in [-0.05, 0) is 36.8 Å². The van der Waals surface area contributed by atoms with Crippen molar-refractivity contribution in [1.29, 1.82) is 0 Å². The first kappa shape index (κ1) is 24.4. The van der Waals surface area contributed by atoms with Crippen LogP contribution in [0.3, 0.4) is 0 Å². The zero-order chi connectivity index (χ0) is 22.9. The summed E-state index contributed by atoms with van der Waals surface area (Å²) in [5.41, 5.74) is 1.75. The molecule has 0 spiro atoms. The van der Waals surface area contributed by atoms with E-state index < -0.39 is 16.0 Å². The minimum atomic E-state index is -3.69. The predicted octanol–water partition coefficient (Wildman–Crippen LogP) is 1.92. The summed E-state index contributed by atoms with van der Waals surface area (Å²) in [6, 6.07) is 13.6. The number of benzene rings is 2. The Morgan fingerprint density at radius 2 is 1.65 bits per heavy atom. The van der Waals surface area contributed by atoms with Gasteiger partial charge in [-0.15, -0.1) is 0 Å². The van der Waals surface area contributed by atoms with Crippen molar-refractivity contribution in [3.8, 4) is 5.75 Å². The molecule has 1 amide bonds. The molecule has 9 heteroatoms. The molecule has 0 aliphatic carbocycles. The number of carbonyl (C=O) groups excluding carboxylic acids is 2. The number of methoxy groups -OCH3 is 1. The third-order valence-corrected chi connectivity index (χ3v) is 6.02. The van der Waals surface area contributed by atoms with Crippen molar-refractivity contribution < 1.29 is 27.5 Å². The Bertz CT molecular complexity index is 972. The standard InChI is InChI=1S/C22H28N2O6S/c1-17-4-10-21(11-5-17)31(27,28)23-12-13-24(14-15-30-18(2)25)22(26)16-19-6-8-20(29-3)9-7-19/h4-11,23H,12-16H2,1-3H3. The summed E-state index contributed by atoms with van der Waals surface area (Å²) in [6.07, 6.45) is 0.134. The predicted molar refractivity (Wildman–Crippen MR) is 116 cm³/mol. The molecule has 168 valence electrons. The third kappa shape index (κ3) is 8.03. The van der Waals surface area contributed by atoms with Gasteiger partial charge in [0.15, 0.2) is 0 Å². The first-order valence-electron chi connectivity index (χ1n) is 9.81. The quantitative estimate of drug-likeness (QED) is 0.527. The molecule has 0 heterocycles. The van der Waals surface area contributed by atoms with Crippen molar-refractivity contribution in [1.82, 2.24) is 9.62 Å². The second kappa shape index (κ2) is 11.5. The SMILES string of the molecule is COc1ccc(CC(=O)N(CCNS(=O)(=O)c2ccc(C)cc2)CCOC(C)=O)cc1. The minimum absolute atomic E-state index is 0.0324. The van der Waals surface area contributed by atoms with Crippen molar-refractivity contribution in [2.24, 2.45) is 0 Å². The number of ether oxygens (including phenoxy) is 2. The Morgan fingerprint density at radius 1 is 1.00 bits per heavy atom. The van der Waals surface area contributed by atoms with Crippen LogP contribution >= 0.6 is 0 Å². The Morgan fingerprint density at radius 3 is 2.23 bits per heavy atom. The van der Waals surface area contributed by atoms with Gasteiger partial charge in [-0.2, -0.15) is 0 Å². The fraction of sp³-hybridized carbons (Fsp3) is 0.364. The molecule has 0 aromatic heterocycles. The highest BCUT2D eigenvalue weighted by molar-refractivity contribution is 7.89. The van der Waals surface area contributed by atoms with Gasteiger partial charge in [-0.1, -0.05) is 29.8 Å². The van der Waals surface area contributed by atoms with Crippen LogP contribution in [0, 0.1) is 6.92 Å². The molecule has 0 bridgehead atoms. The summed E-state index contributed by atoms with van der Waals surface area (Å²) < 4.78 is 37.5. The van der Waals surface area contributed by atoms with Crippen LogP contribution in [0.4, 0.5) is 0 Å². The number of amides is 1. The fourth-order valence-electron chi connectivity index (χ4n) is 2.81. The van der Waals surface area contributed by atoms with E-state index in [1.54, 1.807) is 43.5 Å². The highest BCUT2D eigenvalue weighted by Gasteiger charge is 2.17. The van der Waals surface area contributed by atoms with Crippen molar-refractivity contribution in [2.75, 3.05) is 33.4 Å². The molecule has 31 heavy (non-hydrogen) atoms. The lowest BCUT2D eigenvalue weighted by Gasteiger charge is -2.23. The zero-order valence-corrected chi connectivity index (χ0v) is 18.8. The molecule has 1 N–H and O–H groups in total. The van der Waals surface area contributed by atoms with Crippen molar-refractivity contribution in [2.45, 2.75) is 25.2 Å². The Kier molecular flexibility index (Phi) is 9.02. The third-order valence-electron chi connectivity index (χ3n) is 4.54. The number of nitrogens with one attached hydrogen (secondary N) is 1. The van der Waals surface area contributed by atoms with Gasteiger partial charge < -0.3 is 14.4 Å². The molecule has 8 nitrogen and oxygen atoms in total. The minimum Gasteiger partial charge on any atom is -0.497 e. The van der Waals surface area contributed by atoms with Gasteiger partial charge in [-0.25, -0.2) is 13.1 Å². The number of rotatable bonds is 11. The highest BCUT2D eigenvalue weighted by atomic mass is 32.2. The summed E-state index contributed by atoms with van der Waals surface area (Å²) in [5.74, 6) is 0.0444. The maximum Gasteiger partial charge on any atom is 0.302 e. The van der Waals surface area contributed by atoms with Gasteiger partial charge in [0.05, 0.1) is 25.0 Å². The molecule has 2 rings (SSSR count). The summed E-state index contributed by atoms with van der Waals surface area (Å²) >= 11 is 0. The molecule has 0 saturated carbocycles. The molecule has 0 aliphatic heterocycles. The van der Waals surface area contributed by atoms with Crippen molar-refractivity contribution in [3.05, 3.63) is 59.7 Å². The first-order chi connectivity index (χ1) is 14.7. The van der Waals surface area contributed by atoms with Gasteiger partial charge in [0.1, 0.15) is 12.4 Å². The first-order valence-corrected chi connectivity index (χ1v) is 11.3. The van der Waals surface area contributed by atoms with E-state index in [9.17, 15) is 18.0 Å². The van der Waals surface area contributed by atoms with E-state index in [2.05, 4.69) is 4.72 Å². The average molecular weight is 449 g/mol. The smallest absolute Gasteiger partial charge is 0.302 e. The van der Waals surface area contributed by atoms with Crippen LogP contribution in [0.15, 0.2) is 53.4 Å². The number of hydrogen-bond donors (Lipinski definition) is 1. The second-order valence-electron chi connectivity index (χ2n) is 6.96. The van der Waals surface area contributed by atoms with E-state index in [1.165, 1.54) is 24.0 Å². The van der Waals surface area contributed by atoms with Crippen LogP contribution in [0.2, 0.25) is 0 Å². The topological polar surface area (TPSA) is 102 Å². The second-order valence-corrected chi connectivity index (χ2v) is 8.72. The molecule has 0 saturated heterocycles. The van der Waals surface area contributed by atoms with Gasteiger partial charge in [0.2, 0.25) is 15.9 Å². The van der Waals surface area contributed by atoms with Crippen molar-refractivity contribution in [3.63, 3.8) is 0 Å². The number of nitrogens with zero attached hydrogens (tertiary/aromatic N) is 1. The van der Waals surface area contributed by atoms with E-state index in [4.69, 9.17) is 9.47 Å². The Labute approximate surface area is 183 Å². The molecule has 2 aromatic rings. The monoisotopic (exact) mass is 448 g/mol. The van der Waals surface area contributed by atoms with E-state index in [1.807, 2.05) is 6.92 Å². The van der Waals surface area contributed by atoms with Crippen LogP contribution in [0.25, 0.3) is 0 Å². The number of sulfonamides is 1. The van der Waals surface area contributed by atoms with E-state index in [0.717, 1.165) is 11.1 Å². The fourth-order valence-corrected chi connectivity index (χ4v) is 3.83. The molecular weight excluding hydrogens is 420 g/mol. The molecule has 0 unspecified atom stereocenters. The van der Waals surface area contributed by atoms with Crippen LogP contribution in [0.5, 0.6) is 5.75 Å². The number of aryl methyl sites for hydroxylation is 1. The van der Waals surface area contributed by atoms with Gasteiger partial charge in [0, 0.05) is 20.0 Å². The van der Waals surface area contributed by atoms with E-state index >= 15 is 0 Å². The van der Waals surface area contributed by atoms with Crippen LogP contribution in [-0.2, 0) is 30.8 Å². The average Bonchev–Trinajstić information content (AvgIpc) is 2.73. The van der Waals surface area contributed by atoms with Crippen LogP contribution in [0.1, 0.15) is 18.1 Å². The largest absolute Gasteiger partial charge is 0.497 e. The Balaban J connectivity index is 1.99. The molecule has 2 aromatic carbocycles. The maximum absolute atomic E-state index is 12.8. The van der Waals surface area contributed by atoms with Gasteiger partial charge in [-0.3, -0.25) is 9.59 Å². The summed E-state index contributed by atoms with van der Waals surface area (Å²) in [5, 5.41) is 0. The lowest BCUT2D eigenvalue weighted by molar-refractivity contribution is -0.143. The highest BCUT2D eigenvalue weighted by Crippen LogP contribution is 2.13.